The molecule has 5 heteroatoms. The zero-order valence-corrected chi connectivity index (χ0v) is 13.4. The van der Waals surface area contributed by atoms with Gasteiger partial charge in [0.1, 0.15) is 23.3 Å². The fourth-order valence-electron chi connectivity index (χ4n) is 1.76. The molecule has 21 heavy (non-hydrogen) atoms. The first-order chi connectivity index (χ1) is 10.0. The molecule has 0 saturated heterocycles. The number of hydrogen-bond donors (Lipinski definition) is 0. The van der Waals surface area contributed by atoms with Gasteiger partial charge in [0.05, 0.1) is 7.11 Å². The number of rotatable bonds is 5. The molecule has 0 aliphatic heterocycles. The number of methoxy groups -OCH3 is 1. The Balaban J connectivity index is 2.15. The molecule has 1 heterocycles. The van der Waals surface area contributed by atoms with Crippen molar-refractivity contribution < 1.29 is 9.47 Å². The third-order valence-corrected chi connectivity index (χ3v) is 3.48. The predicted octanol–water partition coefficient (Wildman–Crippen LogP) is 4.15. The Morgan fingerprint density at radius 2 is 1.81 bits per heavy atom. The van der Waals surface area contributed by atoms with Crippen molar-refractivity contribution in [2.75, 3.05) is 7.11 Å². The molecule has 0 bridgehead atoms. The molecule has 0 spiro atoms. The van der Waals surface area contributed by atoms with E-state index in [0.717, 1.165) is 16.9 Å². The van der Waals surface area contributed by atoms with Gasteiger partial charge in [-0.25, -0.2) is 4.98 Å². The normalized spacial score (nSPS) is 10.8. The van der Waals surface area contributed by atoms with Crippen molar-refractivity contribution in [3.63, 3.8) is 0 Å². The molecule has 0 aliphatic carbocycles. The topological polar surface area (TPSA) is 44.2 Å². The van der Waals surface area contributed by atoms with Gasteiger partial charge in [0.2, 0.25) is 5.88 Å². The molecule has 1 aromatic carbocycles. The van der Waals surface area contributed by atoms with Crippen molar-refractivity contribution in [1.82, 2.24) is 9.97 Å². The second-order valence-electron chi connectivity index (χ2n) is 5.09. The zero-order valence-electron chi connectivity index (χ0n) is 12.7. The van der Waals surface area contributed by atoms with Crippen LogP contribution >= 0.6 is 11.6 Å². The average molecular weight is 307 g/mol. The van der Waals surface area contributed by atoms with Crippen LogP contribution in [-0.2, 0) is 6.61 Å². The average Bonchev–Trinajstić information content (AvgIpc) is 2.49. The van der Waals surface area contributed by atoms with Gasteiger partial charge < -0.3 is 9.47 Å². The largest absolute Gasteiger partial charge is 0.497 e. The highest BCUT2D eigenvalue weighted by Gasteiger charge is 2.13. The van der Waals surface area contributed by atoms with Gasteiger partial charge in [0, 0.05) is 11.5 Å². The van der Waals surface area contributed by atoms with Gasteiger partial charge in [-0.15, -0.1) is 0 Å². The molecule has 0 amide bonds. The molecule has 1 aromatic heterocycles. The van der Waals surface area contributed by atoms with Crippen LogP contribution in [0.2, 0.25) is 5.15 Å². The number of aromatic nitrogens is 2. The second kappa shape index (κ2) is 6.76. The van der Waals surface area contributed by atoms with Gasteiger partial charge in [0.25, 0.3) is 0 Å². The van der Waals surface area contributed by atoms with E-state index in [1.54, 1.807) is 7.11 Å². The van der Waals surface area contributed by atoms with E-state index in [1.807, 2.05) is 45.0 Å². The number of ether oxygens (including phenoxy) is 2. The molecule has 0 fully saturated rings. The standard InChI is InChI=1S/C16H19ClN2O2/c1-10(2)15-18-14(17)11(3)16(19-15)21-9-12-5-7-13(20-4)8-6-12/h5-8,10H,9H2,1-4H3. The molecular formula is C16H19ClN2O2. The molecule has 0 atom stereocenters. The van der Waals surface area contributed by atoms with Crippen molar-refractivity contribution >= 4 is 11.6 Å². The molecule has 0 N–H and O–H groups in total. The van der Waals surface area contributed by atoms with Gasteiger partial charge in [-0.3, -0.25) is 0 Å². The van der Waals surface area contributed by atoms with E-state index >= 15 is 0 Å². The van der Waals surface area contributed by atoms with Gasteiger partial charge in [-0.2, -0.15) is 4.98 Å². The lowest BCUT2D eigenvalue weighted by molar-refractivity contribution is 0.289. The molecular weight excluding hydrogens is 288 g/mol. The van der Waals surface area contributed by atoms with Crippen LogP contribution in [0.5, 0.6) is 11.6 Å². The maximum Gasteiger partial charge on any atom is 0.221 e. The zero-order chi connectivity index (χ0) is 15.4. The van der Waals surface area contributed by atoms with Crippen LogP contribution in [0.1, 0.15) is 36.7 Å². The van der Waals surface area contributed by atoms with Crippen molar-refractivity contribution in [3.05, 3.63) is 46.4 Å². The molecule has 0 unspecified atom stereocenters. The van der Waals surface area contributed by atoms with Crippen LogP contribution in [-0.4, -0.2) is 17.1 Å². The first kappa shape index (κ1) is 15.6. The number of benzene rings is 1. The lowest BCUT2D eigenvalue weighted by atomic mass is 10.2. The minimum Gasteiger partial charge on any atom is -0.497 e. The summed E-state index contributed by atoms with van der Waals surface area (Å²) in [6.45, 7) is 6.33. The van der Waals surface area contributed by atoms with Gasteiger partial charge in [0.15, 0.2) is 0 Å². The van der Waals surface area contributed by atoms with Gasteiger partial charge in [-0.1, -0.05) is 37.6 Å². The molecule has 112 valence electrons. The molecule has 2 aromatic rings. The molecule has 0 saturated carbocycles. The third kappa shape index (κ3) is 3.85. The van der Waals surface area contributed by atoms with Crippen molar-refractivity contribution in [3.8, 4) is 11.6 Å². The minimum atomic E-state index is 0.200. The minimum absolute atomic E-state index is 0.200. The van der Waals surface area contributed by atoms with E-state index in [-0.39, 0.29) is 5.92 Å². The van der Waals surface area contributed by atoms with E-state index in [1.165, 1.54) is 0 Å². The third-order valence-electron chi connectivity index (χ3n) is 3.11. The first-order valence-electron chi connectivity index (χ1n) is 6.81. The Morgan fingerprint density at radius 3 is 2.38 bits per heavy atom. The molecule has 0 radical (unpaired) electrons. The van der Waals surface area contributed by atoms with Crippen LogP contribution in [0.3, 0.4) is 0 Å². The summed E-state index contributed by atoms with van der Waals surface area (Å²) in [6, 6.07) is 7.72. The van der Waals surface area contributed by atoms with E-state index < -0.39 is 0 Å². The highest BCUT2D eigenvalue weighted by Crippen LogP contribution is 2.25. The fraction of sp³-hybridized carbons (Fsp3) is 0.375. The SMILES string of the molecule is COc1ccc(COc2nc(C(C)C)nc(Cl)c2C)cc1. The Hall–Kier alpha value is -1.81. The highest BCUT2D eigenvalue weighted by atomic mass is 35.5. The number of nitrogens with zero attached hydrogens (tertiary/aromatic N) is 2. The Bertz CT molecular complexity index is 612. The van der Waals surface area contributed by atoms with Crippen molar-refractivity contribution in [1.29, 1.82) is 0 Å². The Labute approximate surface area is 130 Å². The molecule has 2 rings (SSSR count). The van der Waals surface area contributed by atoms with Gasteiger partial charge in [-0.05, 0) is 24.6 Å². The summed E-state index contributed by atoms with van der Waals surface area (Å²) in [7, 11) is 1.64. The van der Waals surface area contributed by atoms with Crippen LogP contribution < -0.4 is 9.47 Å². The summed E-state index contributed by atoms with van der Waals surface area (Å²) in [5.41, 5.74) is 1.80. The summed E-state index contributed by atoms with van der Waals surface area (Å²) in [6.07, 6.45) is 0. The Kier molecular flexibility index (Phi) is 5.02. The second-order valence-corrected chi connectivity index (χ2v) is 5.45. The number of halogens is 1. The summed E-state index contributed by atoms with van der Waals surface area (Å²) in [4.78, 5) is 8.71. The van der Waals surface area contributed by atoms with Crippen LogP contribution in [0.15, 0.2) is 24.3 Å². The van der Waals surface area contributed by atoms with E-state index in [2.05, 4.69) is 9.97 Å². The highest BCUT2D eigenvalue weighted by molar-refractivity contribution is 6.30. The van der Waals surface area contributed by atoms with E-state index in [4.69, 9.17) is 21.1 Å². The smallest absolute Gasteiger partial charge is 0.221 e. The molecule has 4 nitrogen and oxygen atoms in total. The van der Waals surface area contributed by atoms with Crippen LogP contribution in [0.4, 0.5) is 0 Å². The quantitative estimate of drug-likeness (QED) is 0.778. The lowest BCUT2D eigenvalue weighted by Gasteiger charge is -2.12. The van der Waals surface area contributed by atoms with E-state index in [0.29, 0.717) is 23.5 Å². The van der Waals surface area contributed by atoms with Crippen LogP contribution in [0, 0.1) is 6.92 Å². The van der Waals surface area contributed by atoms with E-state index in [9.17, 15) is 0 Å². The van der Waals surface area contributed by atoms with Crippen LogP contribution in [0.25, 0.3) is 0 Å². The molecule has 0 aliphatic rings. The maximum absolute atomic E-state index is 6.14. The first-order valence-corrected chi connectivity index (χ1v) is 7.18. The fourth-order valence-corrected chi connectivity index (χ4v) is 1.93. The predicted molar refractivity (Wildman–Crippen MR) is 83.2 cm³/mol. The monoisotopic (exact) mass is 306 g/mol. The van der Waals surface area contributed by atoms with Crippen molar-refractivity contribution in [2.45, 2.75) is 33.3 Å². The lowest BCUT2D eigenvalue weighted by Crippen LogP contribution is -2.05. The summed E-state index contributed by atoms with van der Waals surface area (Å²) in [5.74, 6) is 2.25. The van der Waals surface area contributed by atoms with Crippen molar-refractivity contribution in [2.24, 2.45) is 0 Å². The summed E-state index contributed by atoms with van der Waals surface area (Å²) in [5, 5.41) is 0.443. The van der Waals surface area contributed by atoms with Gasteiger partial charge >= 0.3 is 0 Å². The maximum atomic E-state index is 6.14. The summed E-state index contributed by atoms with van der Waals surface area (Å²) < 4.78 is 10.9. The number of hydrogen-bond acceptors (Lipinski definition) is 4. The summed E-state index contributed by atoms with van der Waals surface area (Å²) >= 11 is 6.14. The Morgan fingerprint density at radius 1 is 1.14 bits per heavy atom.